The number of nitrogens with zero attached hydrogens (tertiary/aromatic N) is 1. The molecule has 0 spiro atoms. The molecule has 0 amide bonds. The van der Waals surface area contributed by atoms with Crippen molar-refractivity contribution in [1.29, 1.82) is 0 Å². The van der Waals surface area contributed by atoms with Crippen LogP contribution in [0, 0.1) is 6.92 Å². The Morgan fingerprint density at radius 1 is 1.38 bits per heavy atom. The fourth-order valence-electron chi connectivity index (χ4n) is 3.29. The highest BCUT2D eigenvalue weighted by Gasteiger charge is 2.23. The first-order valence-corrected chi connectivity index (χ1v) is 7.65. The van der Waals surface area contributed by atoms with Gasteiger partial charge in [-0.05, 0) is 49.4 Å². The molecule has 1 saturated heterocycles. The van der Waals surface area contributed by atoms with Gasteiger partial charge in [-0.1, -0.05) is 12.1 Å². The van der Waals surface area contributed by atoms with Gasteiger partial charge in [0.1, 0.15) is 0 Å². The number of nitrogens with one attached hydrogen (secondary N) is 1. The van der Waals surface area contributed by atoms with E-state index in [0.717, 1.165) is 54.4 Å². The lowest BCUT2D eigenvalue weighted by Crippen LogP contribution is -2.34. The maximum Gasteiger partial charge on any atom is 0.256 e. The van der Waals surface area contributed by atoms with Crippen LogP contribution >= 0.6 is 0 Å². The predicted molar refractivity (Wildman–Crippen MR) is 84.7 cm³/mol. The molecule has 0 radical (unpaired) electrons. The van der Waals surface area contributed by atoms with Gasteiger partial charge in [0.15, 0.2) is 0 Å². The quantitative estimate of drug-likeness (QED) is 0.901. The third-order valence-corrected chi connectivity index (χ3v) is 4.54. The average Bonchev–Trinajstić information content (AvgIpc) is 2.94. The van der Waals surface area contributed by atoms with E-state index < -0.39 is 0 Å². The van der Waals surface area contributed by atoms with Crippen molar-refractivity contribution in [1.82, 2.24) is 9.88 Å². The van der Waals surface area contributed by atoms with Gasteiger partial charge < -0.3 is 10.1 Å². The number of rotatable bonds is 4. The Labute approximate surface area is 124 Å². The van der Waals surface area contributed by atoms with Crippen LogP contribution in [-0.4, -0.2) is 40.7 Å². The zero-order valence-corrected chi connectivity index (χ0v) is 12.4. The summed E-state index contributed by atoms with van der Waals surface area (Å²) in [5, 5.41) is 11.2. The Kier molecular flexibility index (Phi) is 4.08. The van der Waals surface area contributed by atoms with Crippen LogP contribution in [0.4, 0.5) is 0 Å². The van der Waals surface area contributed by atoms with Crippen molar-refractivity contribution in [2.75, 3.05) is 19.7 Å². The summed E-state index contributed by atoms with van der Waals surface area (Å²) < 4.78 is 0. The number of hydrogen-bond donors (Lipinski definition) is 2. The molecule has 1 aromatic carbocycles. The van der Waals surface area contributed by atoms with Crippen LogP contribution in [0.2, 0.25) is 0 Å². The lowest BCUT2D eigenvalue weighted by molar-refractivity contribution is 0.160. The lowest BCUT2D eigenvalue weighted by atomic mass is 10.1. The fraction of sp³-hybridized carbons (Fsp3) is 0.471. The van der Waals surface area contributed by atoms with E-state index in [-0.39, 0.29) is 12.2 Å². The molecule has 1 aliphatic rings. The molecule has 2 N–H and O–H groups in total. The molecule has 1 aromatic heterocycles. The number of pyridine rings is 1. The third-order valence-electron chi connectivity index (χ3n) is 4.54. The smallest absolute Gasteiger partial charge is 0.256 e. The Morgan fingerprint density at radius 3 is 3.05 bits per heavy atom. The number of hydrogen-bond acceptors (Lipinski definition) is 3. The van der Waals surface area contributed by atoms with Gasteiger partial charge >= 0.3 is 0 Å². The van der Waals surface area contributed by atoms with E-state index >= 15 is 0 Å². The number of benzene rings is 1. The second kappa shape index (κ2) is 6.00. The van der Waals surface area contributed by atoms with Crippen LogP contribution in [-0.2, 0) is 6.42 Å². The minimum absolute atomic E-state index is 0.00803. The fourth-order valence-corrected chi connectivity index (χ4v) is 3.29. The summed E-state index contributed by atoms with van der Waals surface area (Å²) in [6, 6.07) is 8.21. The van der Waals surface area contributed by atoms with E-state index in [0.29, 0.717) is 6.04 Å². The van der Waals surface area contributed by atoms with E-state index in [1.807, 2.05) is 25.1 Å². The van der Waals surface area contributed by atoms with E-state index in [2.05, 4.69) is 16.0 Å². The summed E-state index contributed by atoms with van der Waals surface area (Å²) in [5.74, 6) is 0. The van der Waals surface area contributed by atoms with Crippen LogP contribution in [0.25, 0.3) is 10.8 Å². The molecule has 1 atom stereocenters. The molecule has 1 aliphatic heterocycles. The molecule has 0 saturated carbocycles. The topological polar surface area (TPSA) is 56.3 Å². The van der Waals surface area contributed by atoms with Crippen LogP contribution in [0.15, 0.2) is 29.1 Å². The molecule has 2 aromatic rings. The first-order chi connectivity index (χ1) is 10.2. The Balaban J connectivity index is 1.81. The highest BCUT2D eigenvalue weighted by atomic mass is 16.3. The summed E-state index contributed by atoms with van der Waals surface area (Å²) in [6.45, 7) is 4.20. The van der Waals surface area contributed by atoms with E-state index in [9.17, 15) is 9.90 Å². The Hall–Kier alpha value is -1.65. The first-order valence-electron chi connectivity index (χ1n) is 7.65. The van der Waals surface area contributed by atoms with E-state index in [1.54, 1.807) is 0 Å². The standard InChI is InChI=1S/C17H22N2O2/c1-12-4-2-6-15-16(12)10-13(18-17(15)21)7-9-19-8-3-5-14(19)11-20/h2,4,6,10,14,20H,3,5,7-9,11H2,1H3,(H,18,21). The van der Waals surface area contributed by atoms with E-state index in [4.69, 9.17) is 0 Å². The summed E-state index contributed by atoms with van der Waals surface area (Å²) in [4.78, 5) is 17.5. The second-order valence-corrected chi connectivity index (χ2v) is 5.92. The van der Waals surface area contributed by atoms with Gasteiger partial charge in [0.05, 0.1) is 6.61 Å². The molecular weight excluding hydrogens is 264 g/mol. The Morgan fingerprint density at radius 2 is 2.24 bits per heavy atom. The summed E-state index contributed by atoms with van der Waals surface area (Å²) in [6.07, 6.45) is 3.04. The number of H-pyrrole nitrogens is 1. The monoisotopic (exact) mass is 286 g/mol. The molecule has 3 rings (SSSR count). The second-order valence-electron chi connectivity index (χ2n) is 5.92. The van der Waals surface area contributed by atoms with Gasteiger partial charge in [0.2, 0.25) is 0 Å². The number of aliphatic hydroxyl groups excluding tert-OH is 1. The molecule has 4 nitrogen and oxygen atoms in total. The summed E-state index contributed by atoms with van der Waals surface area (Å²) >= 11 is 0. The van der Waals surface area contributed by atoms with Crippen LogP contribution in [0.3, 0.4) is 0 Å². The molecule has 1 unspecified atom stereocenters. The van der Waals surface area contributed by atoms with Gasteiger partial charge in [-0.3, -0.25) is 9.69 Å². The molecule has 21 heavy (non-hydrogen) atoms. The molecule has 4 heteroatoms. The van der Waals surface area contributed by atoms with E-state index in [1.165, 1.54) is 0 Å². The van der Waals surface area contributed by atoms with Gasteiger partial charge in [0.25, 0.3) is 5.56 Å². The van der Waals surface area contributed by atoms with Crippen molar-refractivity contribution in [3.8, 4) is 0 Å². The largest absolute Gasteiger partial charge is 0.395 e. The average molecular weight is 286 g/mol. The molecular formula is C17H22N2O2. The molecule has 2 heterocycles. The van der Waals surface area contributed by atoms with Gasteiger partial charge in [0, 0.05) is 30.1 Å². The highest BCUT2D eigenvalue weighted by Crippen LogP contribution is 2.18. The van der Waals surface area contributed by atoms with Crippen molar-refractivity contribution in [2.24, 2.45) is 0 Å². The van der Waals surface area contributed by atoms with Crippen molar-refractivity contribution in [3.63, 3.8) is 0 Å². The predicted octanol–water partition coefficient (Wildman–Crippen LogP) is 1.84. The van der Waals surface area contributed by atoms with Crippen molar-refractivity contribution >= 4 is 10.8 Å². The van der Waals surface area contributed by atoms with Crippen LogP contribution < -0.4 is 5.56 Å². The zero-order chi connectivity index (χ0) is 14.8. The van der Waals surface area contributed by atoms with Crippen LogP contribution in [0.1, 0.15) is 24.1 Å². The number of aryl methyl sites for hydroxylation is 1. The molecule has 0 aliphatic carbocycles. The number of aromatic amines is 1. The van der Waals surface area contributed by atoms with Gasteiger partial charge in [-0.25, -0.2) is 0 Å². The number of aromatic nitrogens is 1. The van der Waals surface area contributed by atoms with Gasteiger partial charge in [-0.15, -0.1) is 0 Å². The minimum Gasteiger partial charge on any atom is -0.395 e. The first kappa shape index (κ1) is 14.3. The number of likely N-dealkylation sites (tertiary alicyclic amines) is 1. The SMILES string of the molecule is Cc1cccc2c(=O)[nH]c(CCN3CCCC3CO)cc12. The highest BCUT2D eigenvalue weighted by molar-refractivity contribution is 5.84. The molecule has 112 valence electrons. The van der Waals surface area contributed by atoms with Crippen LogP contribution in [0.5, 0.6) is 0 Å². The van der Waals surface area contributed by atoms with Crippen molar-refractivity contribution < 1.29 is 5.11 Å². The summed E-state index contributed by atoms with van der Waals surface area (Å²) in [5.41, 5.74) is 2.10. The number of aliphatic hydroxyl groups is 1. The van der Waals surface area contributed by atoms with Crippen molar-refractivity contribution in [3.05, 3.63) is 45.9 Å². The third kappa shape index (κ3) is 2.87. The summed E-state index contributed by atoms with van der Waals surface area (Å²) in [7, 11) is 0. The minimum atomic E-state index is -0.00803. The lowest BCUT2D eigenvalue weighted by Gasteiger charge is -2.22. The van der Waals surface area contributed by atoms with Gasteiger partial charge in [-0.2, -0.15) is 0 Å². The number of fused-ring (bicyclic) bond motifs is 1. The van der Waals surface area contributed by atoms with Crippen molar-refractivity contribution in [2.45, 2.75) is 32.2 Å². The maximum absolute atomic E-state index is 12.2. The zero-order valence-electron chi connectivity index (χ0n) is 12.4. The normalized spacial score (nSPS) is 19.4. The Bertz CT molecular complexity index is 693. The molecule has 0 bridgehead atoms. The molecule has 1 fully saturated rings. The maximum atomic E-state index is 12.2.